The van der Waals surface area contributed by atoms with Gasteiger partial charge in [0.25, 0.3) is 0 Å². The standard InChI is InChI=1S/C15H19F3N2O/c16-15(17,18)12-3-1-2-10(8-12)6-7-20-14(21)11-4-5-13(19)9-11/h1-3,8,11,13H,4-7,9,19H2,(H,20,21)/t11-,13+/m1/s1. The minimum atomic E-state index is -4.33. The maximum absolute atomic E-state index is 12.6. The second kappa shape index (κ2) is 6.47. The SMILES string of the molecule is N[C@H]1CC[C@@H](C(=O)NCCc2cccc(C(F)(F)F)c2)C1. The fourth-order valence-corrected chi connectivity index (χ4v) is 2.63. The van der Waals surface area contributed by atoms with E-state index in [4.69, 9.17) is 5.73 Å². The van der Waals surface area contributed by atoms with Crippen molar-refractivity contribution in [2.24, 2.45) is 11.7 Å². The van der Waals surface area contributed by atoms with Gasteiger partial charge in [-0.1, -0.05) is 18.2 Å². The Kier molecular flexibility index (Phi) is 4.88. The summed E-state index contributed by atoms with van der Waals surface area (Å²) in [4.78, 5) is 11.9. The summed E-state index contributed by atoms with van der Waals surface area (Å²) in [7, 11) is 0. The van der Waals surface area contributed by atoms with Crippen LogP contribution in [0, 0.1) is 5.92 Å². The molecule has 0 aliphatic heterocycles. The van der Waals surface area contributed by atoms with Crippen molar-refractivity contribution in [3.63, 3.8) is 0 Å². The van der Waals surface area contributed by atoms with E-state index in [2.05, 4.69) is 5.32 Å². The van der Waals surface area contributed by atoms with Gasteiger partial charge in [-0.3, -0.25) is 4.79 Å². The average molecular weight is 300 g/mol. The van der Waals surface area contributed by atoms with Gasteiger partial charge in [-0.15, -0.1) is 0 Å². The van der Waals surface area contributed by atoms with E-state index in [1.165, 1.54) is 6.07 Å². The summed E-state index contributed by atoms with van der Waals surface area (Å²) in [5.74, 6) is -0.101. The zero-order chi connectivity index (χ0) is 15.5. The molecule has 2 rings (SSSR count). The van der Waals surface area contributed by atoms with E-state index in [9.17, 15) is 18.0 Å². The molecular formula is C15H19F3N2O. The molecule has 1 amide bonds. The van der Waals surface area contributed by atoms with Crippen molar-refractivity contribution in [1.82, 2.24) is 5.32 Å². The molecule has 0 saturated heterocycles. The monoisotopic (exact) mass is 300 g/mol. The summed E-state index contributed by atoms with van der Waals surface area (Å²) < 4.78 is 37.7. The molecule has 3 nitrogen and oxygen atoms in total. The van der Waals surface area contributed by atoms with Crippen LogP contribution >= 0.6 is 0 Å². The summed E-state index contributed by atoms with van der Waals surface area (Å²) in [6.45, 7) is 0.339. The molecule has 0 bridgehead atoms. The molecule has 2 atom stereocenters. The maximum atomic E-state index is 12.6. The van der Waals surface area contributed by atoms with Crippen LogP contribution < -0.4 is 11.1 Å². The van der Waals surface area contributed by atoms with E-state index in [0.29, 0.717) is 24.9 Å². The van der Waals surface area contributed by atoms with E-state index in [-0.39, 0.29) is 17.9 Å². The fraction of sp³-hybridized carbons (Fsp3) is 0.533. The third-order valence-corrected chi connectivity index (χ3v) is 3.81. The Hall–Kier alpha value is -1.56. The number of hydrogen-bond donors (Lipinski definition) is 2. The van der Waals surface area contributed by atoms with Gasteiger partial charge < -0.3 is 11.1 Å². The predicted molar refractivity (Wildman–Crippen MR) is 73.5 cm³/mol. The number of carbonyl (C=O) groups is 1. The minimum Gasteiger partial charge on any atom is -0.356 e. The quantitative estimate of drug-likeness (QED) is 0.897. The third-order valence-electron chi connectivity index (χ3n) is 3.81. The molecule has 6 heteroatoms. The van der Waals surface area contributed by atoms with E-state index in [0.717, 1.165) is 25.0 Å². The minimum absolute atomic E-state index is 0.0464. The highest BCUT2D eigenvalue weighted by Gasteiger charge is 2.30. The molecule has 1 aliphatic rings. The number of halogens is 3. The first-order valence-electron chi connectivity index (χ1n) is 7.05. The van der Waals surface area contributed by atoms with Gasteiger partial charge in [0.05, 0.1) is 5.56 Å². The smallest absolute Gasteiger partial charge is 0.356 e. The maximum Gasteiger partial charge on any atom is 0.416 e. The largest absolute Gasteiger partial charge is 0.416 e. The normalized spacial score (nSPS) is 22.3. The molecule has 0 unspecified atom stereocenters. The van der Waals surface area contributed by atoms with Crippen LogP contribution in [0.15, 0.2) is 24.3 Å². The second-order valence-electron chi connectivity index (χ2n) is 5.51. The molecule has 1 saturated carbocycles. The van der Waals surface area contributed by atoms with Gasteiger partial charge in [-0.2, -0.15) is 13.2 Å². The summed E-state index contributed by atoms with van der Waals surface area (Å²) in [5.41, 5.74) is 5.66. The highest BCUT2D eigenvalue weighted by molar-refractivity contribution is 5.79. The molecule has 3 N–H and O–H groups in total. The zero-order valence-corrected chi connectivity index (χ0v) is 11.6. The lowest BCUT2D eigenvalue weighted by atomic mass is 10.1. The molecular weight excluding hydrogens is 281 g/mol. The van der Waals surface area contributed by atoms with Crippen molar-refractivity contribution >= 4 is 5.91 Å². The lowest BCUT2D eigenvalue weighted by molar-refractivity contribution is -0.137. The Bertz CT molecular complexity index is 502. The molecule has 1 aliphatic carbocycles. The van der Waals surface area contributed by atoms with Crippen molar-refractivity contribution < 1.29 is 18.0 Å². The molecule has 0 spiro atoms. The van der Waals surface area contributed by atoms with Crippen molar-refractivity contribution in [3.05, 3.63) is 35.4 Å². The van der Waals surface area contributed by atoms with Gasteiger partial charge in [0, 0.05) is 18.5 Å². The Morgan fingerprint density at radius 1 is 1.33 bits per heavy atom. The first-order chi connectivity index (χ1) is 9.86. The van der Waals surface area contributed by atoms with Gasteiger partial charge >= 0.3 is 6.18 Å². The van der Waals surface area contributed by atoms with E-state index in [1.54, 1.807) is 6.07 Å². The van der Waals surface area contributed by atoms with E-state index >= 15 is 0 Å². The van der Waals surface area contributed by atoms with Crippen LogP contribution in [0.1, 0.15) is 30.4 Å². The van der Waals surface area contributed by atoms with Crippen molar-refractivity contribution in [3.8, 4) is 0 Å². The van der Waals surface area contributed by atoms with Gasteiger partial charge in [0.1, 0.15) is 0 Å². The predicted octanol–water partition coefficient (Wildman–Crippen LogP) is 2.49. The Morgan fingerprint density at radius 2 is 2.10 bits per heavy atom. The number of carbonyl (C=O) groups excluding carboxylic acids is 1. The number of nitrogens with two attached hydrogens (primary N) is 1. The highest BCUT2D eigenvalue weighted by atomic mass is 19.4. The number of rotatable bonds is 4. The number of hydrogen-bond acceptors (Lipinski definition) is 2. The Balaban J connectivity index is 1.82. The first kappa shape index (κ1) is 15.8. The van der Waals surface area contributed by atoms with Crippen LogP contribution in [0.4, 0.5) is 13.2 Å². The molecule has 1 fully saturated rings. The number of benzene rings is 1. The fourth-order valence-electron chi connectivity index (χ4n) is 2.63. The molecule has 1 aromatic carbocycles. The molecule has 116 valence electrons. The van der Waals surface area contributed by atoms with Gasteiger partial charge in [0.2, 0.25) is 5.91 Å². The Morgan fingerprint density at radius 3 is 2.71 bits per heavy atom. The molecule has 1 aromatic rings. The Labute approximate surface area is 121 Å². The van der Waals surface area contributed by atoms with Crippen LogP contribution in [0.2, 0.25) is 0 Å². The van der Waals surface area contributed by atoms with Gasteiger partial charge in [0.15, 0.2) is 0 Å². The first-order valence-corrected chi connectivity index (χ1v) is 7.05. The van der Waals surface area contributed by atoms with Gasteiger partial charge in [-0.25, -0.2) is 0 Å². The van der Waals surface area contributed by atoms with Crippen LogP contribution in [0.5, 0.6) is 0 Å². The molecule has 21 heavy (non-hydrogen) atoms. The van der Waals surface area contributed by atoms with Crippen LogP contribution in [0.25, 0.3) is 0 Å². The summed E-state index contributed by atoms with van der Waals surface area (Å²) >= 11 is 0. The molecule has 0 radical (unpaired) electrons. The van der Waals surface area contributed by atoms with Crippen LogP contribution in [-0.4, -0.2) is 18.5 Å². The van der Waals surface area contributed by atoms with E-state index in [1.807, 2.05) is 0 Å². The van der Waals surface area contributed by atoms with Crippen LogP contribution in [-0.2, 0) is 17.4 Å². The summed E-state index contributed by atoms with van der Waals surface area (Å²) in [6, 6.07) is 5.27. The van der Waals surface area contributed by atoms with E-state index < -0.39 is 11.7 Å². The topological polar surface area (TPSA) is 55.1 Å². The summed E-state index contributed by atoms with van der Waals surface area (Å²) in [5, 5.41) is 2.78. The second-order valence-corrected chi connectivity index (χ2v) is 5.51. The van der Waals surface area contributed by atoms with Crippen molar-refractivity contribution in [2.45, 2.75) is 37.9 Å². The third kappa shape index (κ3) is 4.46. The molecule has 0 heterocycles. The van der Waals surface area contributed by atoms with Crippen LogP contribution in [0.3, 0.4) is 0 Å². The summed E-state index contributed by atoms with van der Waals surface area (Å²) in [6.07, 6.45) is -1.62. The number of amides is 1. The van der Waals surface area contributed by atoms with Crippen molar-refractivity contribution in [2.75, 3.05) is 6.54 Å². The number of nitrogens with one attached hydrogen (secondary N) is 1. The number of alkyl halides is 3. The lowest BCUT2D eigenvalue weighted by Crippen LogP contribution is -2.31. The van der Waals surface area contributed by atoms with Gasteiger partial charge in [-0.05, 0) is 37.3 Å². The lowest BCUT2D eigenvalue weighted by Gasteiger charge is -2.12. The average Bonchev–Trinajstić information content (AvgIpc) is 2.85. The highest BCUT2D eigenvalue weighted by Crippen LogP contribution is 2.29. The zero-order valence-electron chi connectivity index (χ0n) is 11.6. The van der Waals surface area contributed by atoms with Crippen molar-refractivity contribution in [1.29, 1.82) is 0 Å². The molecule has 0 aromatic heterocycles.